The van der Waals surface area contributed by atoms with Crippen LogP contribution in [0.15, 0.2) is 41.2 Å². The summed E-state index contributed by atoms with van der Waals surface area (Å²) < 4.78 is 5.61. The van der Waals surface area contributed by atoms with E-state index in [1.807, 2.05) is 18.5 Å². The lowest BCUT2D eigenvalue weighted by molar-refractivity contribution is 0.447. The molecule has 1 aliphatic carbocycles. The molecular weight excluding hydrogens is 236 g/mol. The van der Waals surface area contributed by atoms with Crippen LogP contribution in [0, 0.1) is 6.92 Å². The maximum atomic E-state index is 5.61. The van der Waals surface area contributed by atoms with Gasteiger partial charge in [0.1, 0.15) is 0 Å². The molecular formula is C16H14N2O. The van der Waals surface area contributed by atoms with E-state index in [0.29, 0.717) is 5.92 Å². The number of fused-ring (bicyclic) bond motifs is 1. The van der Waals surface area contributed by atoms with Gasteiger partial charge in [-0.3, -0.25) is 4.98 Å². The fourth-order valence-electron chi connectivity index (χ4n) is 2.59. The Balaban J connectivity index is 1.98. The molecule has 3 nitrogen and oxygen atoms in total. The van der Waals surface area contributed by atoms with Gasteiger partial charge in [0.15, 0.2) is 5.58 Å². The summed E-state index contributed by atoms with van der Waals surface area (Å²) in [5, 5.41) is 5.43. The van der Waals surface area contributed by atoms with E-state index < -0.39 is 0 Å². The van der Waals surface area contributed by atoms with Crippen LogP contribution in [0.25, 0.3) is 22.1 Å². The van der Waals surface area contributed by atoms with E-state index in [4.69, 9.17) is 4.52 Å². The molecule has 1 aromatic carbocycles. The Morgan fingerprint density at radius 2 is 2.05 bits per heavy atom. The number of aryl methyl sites for hydroxylation is 1. The molecule has 0 unspecified atom stereocenters. The third kappa shape index (κ3) is 1.65. The predicted molar refractivity (Wildman–Crippen MR) is 74.0 cm³/mol. The molecule has 0 atom stereocenters. The van der Waals surface area contributed by atoms with Crippen LogP contribution in [-0.2, 0) is 0 Å². The number of rotatable bonds is 2. The Hall–Kier alpha value is -2.16. The summed E-state index contributed by atoms with van der Waals surface area (Å²) in [4.78, 5) is 4.22. The van der Waals surface area contributed by atoms with Gasteiger partial charge in [-0.25, -0.2) is 0 Å². The van der Waals surface area contributed by atoms with E-state index in [2.05, 4.69) is 35.3 Å². The van der Waals surface area contributed by atoms with E-state index in [-0.39, 0.29) is 0 Å². The fraction of sp³-hybridized carbons (Fsp3) is 0.250. The normalized spacial score (nSPS) is 15.0. The lowest BCUT2D eigenvalue weighted by Gasteiger charge is -2.04. The average molecular weight is 250 g/mol. The highest BCUT2D eigenvalue weighted by Gasteiger charge is 2.29. The van der Waals surface area contributed by atoms with Crippen LogP contribution >= 0.6 is 0 Å². The second-order valence-corrected chi connectivity index (χ2v) is 5.21. The van der Waals surface area contributed by atoms with Crippen molar-refractivity contribution in [1.29, 1.82) is 0 Å². The maximum absolute atomic E-state index is 5.61. The van der Waals surface area contributed by atoms with Gasteiger partial charge >= 0.3 is 0 Å². The Labute approximate surface area is 111 Å². The molecule has 0 saturated heterocycles. The Kier molecular flexibility index (Phi) is 2.21. The molecule has 1 saturated carbocycles. The zero-order chi connectivity index (χ0) is 12.8. The van der Waals surface area contributed by atoms with E-state index in [1.165, 1.54) is 18.4 Å². The first-order valence-electron chi connectivity index (χ1n) is 6.64. The molecule has 0 radical (unpaired) electrons. The van der Waals surface area contributed by atoms with E-state index in [1.54, 1.807) is 0 Å². The average Bonchev–Trinajstić information content (AvgIpc) is 3.18. The highest BCUT2D eigenvalue weighted by molar-refractivity contribution is 5.94. The number of hydrogen-bond acceptors (Lipinski definition) is 3. The second-order valence-electron chi connectivity index (χ2n) is 5.21. The largest absolute Gasteiger partial charge is 0.355 e. The summed E-state index contributed by atoms with van der Waals surface area (Å²) in [5.74, 6) is 0.603. The van der Waals surface area contributed by atoms with Gasteiger partial charge < -0.3 is 4.52 Å². The topological polar surface area (TPSA) is 38.9 Å². The van der Waals surface area contributed by atoms with E-state index >= 15 is 0 Å². The second kappa shape index (κ2) is 3.92. The van der Waals surface area contributed by atoms with Gasteiger partial charge in [-0.15, -0.1) is 0 Å². The van der Waals surface area contributed by atoms with Crippen LogP contribution in [0.4, 0.5) is 0 Å². The van der Waals surface area contributed by atoms with Crippen molar-refractivity contribution < 1.29 is 4.52 Å². The molecule has 0 N–H and O–H groups in total. The van der Waals surface area contributed by atoms with Crippen molar-refractivity contribution in [2.45, 2.75) is 25.7 Å². The molecule has 0 amide bonds. The van der Waals surface area contributed by atoms with Crippen LogP contribution in [0.1, 0.15) is 30.0 Å². The summed E-state index contributed by atoms with van der Waals surface area (Å²) in [6.45, 7) is 2.09. The minimum absolute atomic E-state index is 0.603. The number of pyridine rings is 1. The summed E-state index contributed by atoms with van der Waals surface area (Å²) in [5.41, 5.74) is 5.42. The molecule has 2 aromatic heterocycles. The highest BCUT2D eigenvalue weighted by atomic mass is 16.5. The zero-order valence-corrected chi connectivity index (χ0v) is 10.8. The van der Waals surface area contributed by atoms with Crippen molar-refractivity contribution in [3.8, 4) is 11.1 Å². The van der Waals surface area contributed by atoms with Crippen molar-refractivity contribution in [2.75, 3.05) is 0 Å². The van der Waals surface area contributed by atoms with Crippen LogP contribution < -0.4 is 0 Å². The molecule has 1 fully saturated rings. The first-order valence-corrected chi connectivity index (χ1v) is 6.64. The minimum Gasteiger partial charge on any atom is -0.355 e. The number of nitrogens with zero attached hydrogens (tertiary/aromatic N) is 2. The van der Waals surface area contributed by atoms with Gasteiger partial charge in [0.05, 0.1) is 5.69 Å². The summed E-state index contributed by atoms with van der Waals surface area (Å²) in [6.07, 6.45) is 6.17. The fourth-order valence-corrected chi connectivity index (χ4v) is 2.59. The number of benzene rings is 1. The van der Waals surface area contributed by atoms with Gasteiger partial charge in [0.25, 0.3) is 0 Å². The lowest BCUT2D eigenvalue weighted by atomic mass is 10.00. The molecule has 2 heterocycles. The van der Waals surface area contributed by atoms with E-state index in [0.717, 1.165) is 27.8 Å². The Morgan fingerprint density at radius 3 is 2.84 bits per heavy atom. The highest BCUT2D eigenvalue weighted by Crippen LogP contribution is 2.44. The molecule has 1 aliphatic rings. The lowest BCUT2D eigenvalue weighted by Crippen LogP contribution is -1.85. The minimum atomic E-state index is 0.603. The molecule has 19 heavy (non-hydrogen) atoms. The smallest absolute Gasteiger partial charge is 0.175 e. The van der Waals surface area contributed by atoms with Crippen LogP contribution in [0.2, 0.25) is 0 Å². The third-order valence-electron chi connectivity index (χ3n) is 3.82. The van der Waals surface area contributed by atoms with Crippen molar-refractivity contribution >= 4 is 11.0 Å². The van der Waals surface area contributed by atoms with Gasteiger partial charge in [0.2, 0.25) is 0 Å². The van der Waals surface area contributed by atoms with Crippen molar-refractivity contribution in [3.05, 3.63) is 47.9 Å². The number of para-hydroxylation sites is 1. The molecule has 0 spiro atoms. The predicted octanol–water partition coefficient (Wildman–Crippen LogP) is 4.08. The van der Waals surface area contributed by atoms with Crippen molar-refractivity contribution in [3.63, 3.8) is 0 Å². The molecule has 0 aliphatic heterocycles. The standard InChI is InChI=1S/C16H14N2O/c1-10-7-8-17-9-14(10)12-3-2-4-13-15(11-5-6-11)18-19-16(12)13/h2-4,7-9,11H,5-6H2,1H3. The Bertz CT molecular complexity index is 756. The SMILES string of the molecule is Cc1ccncc1-c1cccc2c(C3CC3)noc12. The maximum Gasteiger partial charge on any atom is 0.175 e. The molecule has 4 rings (SSSR count). The number of aromatic nitrogens is 2. The van der Waals surface area contributed by atoms with Crippen LogP contribution in [0.5, 0.6) is 0 Å². The van der Waals surface area contributed by atoms with Crippen LogP contribution in [-0.4, -0.2) is 10.1 Å². The van der Waals surface area contributed by atoms with Gasteiger partial charge in [-0.2, -0.15) is 0 Å². The number of hydrogen-bond donors (Lipinski definition) is 0. The van der Waals surface area contributed by atoms with E-state index in [9.17, 15) is 0 Å². The summed E-state index contributed by atoms with van der Waals surface area (Å²) >= 11 is 0. The van der Waals surface area contributed by atoms with Crippen molar-refractivity contribution in [2.24, 2.45) is 0 Å². The van der Waals surface area contributed by atoms with Gasteiger partial charge in [0, 0.05) is 34.8 Å². The molecule has 0 bridgehead atoms. The summed E-state index contributed by atoms with van der Waals surface area (Å²) in [7, 11) is 0. The van der Waals surface area contributed by atoms with Crippen molar-refractivity contribution in [1.82, 2.24) is 10.1 Å². The van der Waals surface area contributed by atoms with Crippen LogP contribution in [0.3, 0.4) is 0 Å². The van der Waals surface area contributed by atoms with Gasteiger partial charge in [-0.1, -0.05) is 17.3 Å². The first-order chi connectivity index (χ1) is 9.34. The molecule has 3 aromatic rings. The molecule has 94 valence electrons. The summed E-state index contributed by atoms with van der Waals surface area (Å²) in [6, 6.07) is 8.28. The molecule has 3 heteroatoms. The third-order valence-corrected chi connectivity index (χ3v) is 3.82. The zero-order valence-electron chi connectivity index (χ0n) is 10.8. The quantitative estimate of drug-likeness (QED) is 0.688. The monoisotopic (exact) mass is 250 g/mol. The first kappa shape index (κ1) is 10.7. The van der Waals surface area contributed by atoms with Gasteiger partial charge in [-0.05, 0) is 37.5 Å². The Morgan fingerprint density at radius 1 is 1.16 bits per heavy atom.